The molecule has 0 aliphatic rings. The summed E-state index contributed by atoms with van der Waals surface area (Å²) in [6.07, 6.45) is 40.4. The molecule has 19 heteroatoms. The first-order valence-electron chi connectivity index (χ1n) is 33.1. The van der Waals surface area contributed by atoms with Crippen LogP contribution in [0.2, 0.25) is 0 Å². The molecular weight excluding hydrogens is 1090 g/mol. The molecule has 82 heavy (non-hydrogen) atoms. The third kappa shape index (κ3) is 57.2. The van der Waals surface area contributed by atoms with Crippen molar-refractivity contribution in [1.82, 2.24) is 0 Å². The first-order valence-corrected chi connectivity index (χ1v) is 36.1. The minimum Gasteiger partial charge on any atom is -0.462 e. The fourth-order valence-electron chi connectivity index (χ4n) is 9.41. The molecule has 17 nitrogen and oxygen atoms in total. The Bertz CT molecular complexity index is 1600. The second kappa shape index (κ2) is 56.8. The van der Waals surface area contributed by atoms with Gasteiger partial charge in [0.05, 0.1) is 26.4 Å². The van der Waals surface area contributed by atoms with Crippen molar-refractivity contribution in [2.45, 2.75) is 335 Å². The number of unbranched alkanes of at least 4 members (excludes halogenated alkanes) is 35. The van der Waals surface area contributed by atoms with Gasteiger partial charge in [-0.05, 0) is 31.6 Å². The molecule has 486 valence electrons. The van der Waals surface area contributed by atoms with E-state index in [-0.39, 0.29) is 25.7 Å². The molecule has 0 rings (SSSR count). The lowest BCUT2D eigenvalue weighted by Gasteiger charge is -2.21. The lowest BCUT2D eigenvalue weighted by molar-refractivity contribution is -0.161. The van der Waals surface area contributed by atoms with E-state index in [2.05, 4.69) is 34.6 Å². The van der Waals surface area contributed by atoms with E-state index in [1.54, 1.807) is 0 Å². The molecule has 3 N–H and O–H groups in total. The van der Waals surface area contributed by atoms with Crippen molar-refractivity contribution in [3.63, 3.8) is 0 Å². The van der Waals surface area contributed by atoms with Gasteiger partial charge in [-0.25, -0.2) is 9.13 Å². The summed E-state index contributed by atoms with van der Waals surface area (Å²) < 4.78 is 67.8. The van der Waals surface area contributed by atoms with E-state index in [0.29, 0.717) is 25.7 Å². The zero-order chi connectivity index (χ0) is 60.6. The van der Waals surface area contributed by atoms with Crippen molar-refractivity contribution in [2.75, 3.05) is 39.6 Å². The zero-order valence-corrected chi connectivity index (χ0v) is 54.4. The van der Waals surface area contributed by atoms with Crippen LogP contribution in [0.4, 0.5) is 0 Å². The van der Waals surface area contributed by atoms with Crippen LogP contribution in [-0.2, 0) is 65.4 Å². The maximum atomic E-state index is 13.0. The molecule has 0 aliphatic carbocycles. The first-order chi connectivity index (χ1) is 39.5. The third-order valence-corrected chi connectivity index (χ3v) is 16.4. The Kier molecular flexibility index (Phi) is 55.5. The fourth-order valence-corrected chi connectivity index (χ4v) is 11.0. The number of carbonyl (C=O) groups excluding carboxylic acids is 4. The number of carbonyl (C=O) groups is 4. The summed E-state index contributed by atoms with van der Waals surface area (Å²) in [7, 11) is -9.88. The lowest BCUT2D eigenvalue weighted by Crippen LogP contribution is -2.30. The van der Waals surface area contributed by atoms with E-state index in [9.17, 15) is 43.2 Å². The highest BCUT2D eigenvalue weighted by molar-refractivity contribution is 7.47. The van der Waals surface area contributed by atoms with Crippen LogP contribution < -0.4 is 0 Å². The molecule has 0 aromatic rings. The molecule has 0 aromatic heterocycles. The van der Waals surface area contributed by atoms with Gasteiger partial charge < -0.3 is 33.8 Å². The Labute approximate surface area is 498 Å². The van der Waals surface area contributed by atoms with Gasteiger partial charge in [-0.2, -0.15) is 0 Å². The highest BCUT2D eigenvalue weighted by Gasteiger charge is 2.30. The maximum Gasteiger partial charge on any atom is 0.472 e. The average molecular weight is 1210 g/mol. The van der Waals surface area contributed by atoms with Crippen molar-refractivity contribution in [1.29, 1.82) is 0 Å². The van der Waals surface area contributed by atoms with Gasteiger partial charge in [-0.1, -0.05) is 266 Å². The number of esters is 4. The molecule has 0 aromatic carbocycles. The summed E-state index contributed by atoms with van der Waals surface area (Å²) in [6.45, 7) is 7.14. The number of ether oxygens (including phenoxy) is 4. The van der Waals surface area contributed by atoms with Gasteiger partial charge in [0, 0.05) is 25.7 Å². The monoisotopic (exact) mass is 1210 g/mol. The average Bonchev–Trinajstić information content (AvgIpc) is 3.45. The van der Waals surface area contributed by atoms with E-state index in [0.717, 1.165) is 109 Å². The van der Waals surface area contributed by atoms with E-state index in [4.69, 9.17) is 37.0 Å². The van der Waals surface area contributed by atoms with E-state index >= 15 is 0 Å². The summed E-state index contributed by atoms with van der Waals surface area (Å²) in [5, 5.41) is 10.5. The third-order valence-electron chi connectivity index (χ3n) is 14.5. The molecule has 0 spiro atoms. The molecule has 0 heterocycles. The maximum absolute atomic E-state index is 13.0. The summed E-state index contributed by atoms with van der Waals surface area (Å²) >= 11 is 0. The van der Waals surface area contributed by atoms with Gasteiger partial charge in [0.1, 0.15) is 19.3 Å². The topological polar surface area (TPSA) is 237 Å². The van der Waals surface area contributed by atoms with Gasteiger partial charge >= 0.3 is 39.5 Å². The minimum absolute atomic E-state index is 0.105. The number of phosphoric ester groups is 2. The van der Waals surface area contributed by atoms with Crippen LogP contribution in [-0.4, -0.2) is 96.7 Å². The fraction of sp³-hybridized carbons (Fsp3) is 0.937. The lowest BCUT2D eigenvalue weighted by atomic mass is 10.0. The molecule has 0 amide bonds. The van der Waals surface area contributed by atoms with Crippen LogP contribution in [0, 0.1) is 5.92 Å². The van der Waals surface area contributed by atoms with Crippen molar-refractivity contribution >= 4 is 39.5 Å². The minimum atomic E-state index is -4.94. The smallest absolute Gasteiger partial charge is 0.462 e. The zero-order valence-electron chi connectivity index (χ0n) is 52.6. The van der Waals surface area contributed by atoms with E-state index < -0.39 is 97.5 Å². The highest BCUT2D eigenvalue weighted by atomic mass is 31.2. The molecule has 2 unspecified atom stereocenters. The van der Waals surface area contributed by atoms with Crippen molar-refractivity contribution in [2.24, 2.45) is 5.92 Å². The Morgan fingerprint density at radius 3 is 0.829 bits per heavy atom. The second-order valence-corrected chi connectivity index (χ2v) is 26.2. The number of rotatable bonds is 63. The number of aliphatic hydroxyl groups excluding tert-OH is 1. The number of aliphatic hydroxyl groups is 1. The Morgan fingerprint density at radius 2 is 0.561 bits per heavy atom. The normalized spacial score (nSPS) is 14.3. The number of hydrogen-bond donors (Lipinski definition) is 3. The summed E-state index contributed by atoms with van der Waals surface area (Å²) in [4.78, 5) is 72.0. The van der Waals surface area contributed by atoms with Crippen molar-refractivity contribution in [3.05, 3.63) is 0 Å². The van der Waals surface area contributed by atoms with Gasteiger partial charge in [0.25, 0.3) is 0 Å². The first kappa shape index (κ1) is 80.1. The van der Waals surface area contributed by atoms with Gasteiger partial charge in [-0.15, -0.1) is 0 Å². The highest BCUT2D eigenvalue weighted by Crippen LogP contribution is 2.45. The van der Waals surface area contributed by atoms with E-state index in [1.807, 2.05) is 0 Å². The molecule has 0 fully saturated rings. The summed E-state index contributed by atoms with van der Waals surface area (Å²) in [6, 6.07) is 0. The predicted molar refractivity (Wildman–Crippen MR) is 326 cm³/mol. The molecule has 0 radical (unpaired) electrons. The van der Waals surface area contributed by atoms with Crippen LogP contribution in [0.3, 0.4) is 0 Å². The summed E-state index contributed by atoms with van der Waals surface area (Å²) in [5.74, 6) is -1.35. The van der Waals surface area contributed by atoms with Gasteiger partial charge in [0.15, 0.2) is 12.2 Å². The largest absolute Gasteiger partial charge is 0.472 e. The SMILES string of the molecule is CCCCCCCCCCCCC(=O)OC[C@H](COP(=O)(O)OC[C@@H](O)COP(=O)(O)OC[C@@H](COC(=O)CCCCCCCCCC)OC(=O)CCCCCCCCCC)OC(=O)CCCCCCCCCCCCCCCC(C)C. The molecular formula is C63H122O17P2. The standard InChI is InChI=1S/C63H122O17P2/c1-6-9-12-15-18-21-28-33-37-42-47-61(66)74-53-59(80-63(68)49-44-39-34-29-26-24-22-23-25-27-30-35-40-45-56(4)5)55-78-82(71,72)76-51-57(64)50-75-81(69,70)77-54-58(79-62(67)48-43-38-32-20-17-14-11-8-3)52-73-60(65)46-41-36-31-19-16-13-10-7-2/h56-59,64H,6-55H2,1-5H3,(H,69,70)(H,71,72)/t57-,58+,59+/m0/s1. The van der Waals surface area contributed by atoms with Gasteiger partial charge in [-0.3, -0.25) is 37.3 Å². The van der Waals surface area contributed by atoms with Gasteiger partial charge in [0.2, 0.25) is 0 Å². The number of hydrogen-bond acceptors (Lipinski definition) is 15. The Balaban J connectivity index is 5.18. The van der Waals surface area contributed by atoms with Crippen LogP contribution in [0.5, 0.6) is 0 Å². The Morgan fingerprint density at radius 1 is 0.329 bits per heavy atom. The predicted octanol–water partition coefficient (Wildman–Crippen LogP) is 17.4. The number of phosphoric acid groups is 2. The molecule has 0 saturated carbocycles. The van der Waals surface area contributed by atoms with Crippen molar-refractivity contribution < 1.29 is 80.2 Å². The molecule has 0 aliphatic heterocycles. The van der Waals surface area contributed by atoms with Crippen LogP contribution >= 0.6 is 15.6 Å². The molecule has 0 saturated heterocycles. The Hall–Kier alpha value is -1.94. The quantitative estimate of drug-likeness (QED) is 0.0222. The molecule has 5 atom stereocenters. The molecule has 0 bridgehead atoms. The van der Waals surface area contributed by atoms with Crippen molar-refractivity contribution in [3.8, 4) is 0 Å². The van der Waals surface area contributed by atoms with E-state index in [1.165, 1.54) is 128 Å². The summed E-state index contributed by atoms with van der Waals surface area (Å²) in [5.41, 5.74) is 0. The van der Waals surface area contributed by atoms with Crippen LogP contribution in [0.15, 0.2) is 0 Å². The second-order valence-electron chi connectivity index (χ2n) is 23.3. The van der Waals surface area contributed by atoms with Crippen LogP contribution in [0.25, 0.3) is 0 Å². The van der Waals surface area contributed by atoms with Crippen LogP contribution in [0.1, 0.15) is 317 Å².